The second kappa shape index (κ2) is 8.68. The van der Waals surface area contributed by atoms with E-state index in [1.54, 1.807) is 18.2 Å². The smallest absolute Gasteiger partial charge is 0.335 e. The Balaban J connectivity index is 1.91. The summed E-state index contributed by atoms with van der Waals surface area (Å²) < 4.78 is 2.01. The Morgan fingerprint density at radius 1 is 1.13 bits per heavy atom. The minimum absolute atomic E-state index is 0.0433. The summed E-state index contributed by atoms with van der Waals surface area (Å²) in [5.74, 6) is -1.71. The number of carboxylic acids is 1. The molecule has 1 amide bonds. The molecule has 0 atom stereocenters. The summed E-state index contributed by atoms with van der Waals surface area (Å²) in [6, 6.07) is 17.0. The van der Waals surface area contributed by atoms with E-state index in [-0.39, 0.29) is 11.1 Å². The number of hydrogen-bond acceptors (Lipinski definition) is 3. The second-order valence-electron chi connectivity index (χ2n) is 6.65. The minimum atomic E-state index is -1.10. The lowest BCUT2D eigenvalue weighted by molar-refractivity contribution is -0.112. The van der Waals surface area contributed by atoms with Gasteiger partial charge in [0, 0.05) is 27.8 Å². The third-order valence-corrected chi connectivity index (χ3v) is 4.84. The molecule has 0 saturated carbocycles. The molecule has 3 rings (SSSR count). The van der Waals surface area contributed by atoms with Crippen LogP contribution in [0.5, 0.6) is 0 Å². The first kappa shape index (κ1) is 20.9. The number of nitriles is 1. The normalized spacial score (nSPS) is 11.1. The number of carboxylic acid groups (broad SMARTS) is 1. The summed E-state index contributed by atoms with van der Waals surface area (Å²) in [5, 5.41) is 21.8. The molecule has 0 spiro atoms. The first-order valence-corrected chi connectivity index (χ1v) is 9.39. The summed E-state index contributed by atoms with van der Waals surface area (Å²) in [5.41, 5.74) is 3.70. The topological polar surface area (TPSA) is 95.1 Å². The number of aromatic carboxylic acids is 1. The van der Waals surface area contributed by atoms with Crippen LogP contribution in [-0.2, 0) is 4.79 Å². The molecule has 0 fully saturated rings. The minimum Gasteiger partial charge on any atom is -0.478 e. The summed E-state index contributed by atoms with van der Waals surface area (Å²) in [6.45, 7) is 3.83. The van der Waals surface area contributed by atoms with Crippen molar-refractivity contribution in [2.75, 3.05) is 5.32 Å². The summed E-state index contributed by atoms with van der Waals surface area (Å²) in [6.07, 6.45) is 1.52. The molecular weight excluding hydrogens is 402 g/mol. The van der Waals surface area contributed by atoms with Crippen LogP contribution in [0.2, 0.25) is 5.02 Å². The van der Waals surface area contributed by atoms with Crippen LogP contribution in [0.15, 0.2) is 60.2 Å². The Morgan fingerprint density at radius 2 is 1.83 bits per heavy atom. The fourth-order valence-corrected chi connectivity index (χ4v) is 3.28. The largest absolute Gasteiger partial charge is 0.478 e. The molecule has 0 radical (unpaired) electrons. The van der Waals surface area contributed by atoms with E-state index in [0.717, 1.165) is 22.6 Å². The van der Waals surface area contributed by atoms with Crippen molar-refractivity contribution < 1.29 is 14.7 Å². The Morgan fingerprint density at radius 3 is 2.47 bits per heavy atom. The van der Waals surface area contributed by atoms with E-state index in [2.05, 4.69) is 5.32 Å². The fraction of sp³-hybridized carbons (Fsp3) is 0.0870. The van der Waals surface area contributed by atoms with Gasteiger partial charge in [0.2, 0.25) is 0 Å². The van der Waals surface area contributed by atoms with Gasteiger partial charge in [-0.15, -0.1) is 0 Å². The SMILES string of the molecule is Cc1cc(C=C(C#N)C(=O)Nc2cccc(C(=O)O)c2)c(C)n1-c1ccc(Cl)cc1. The fourth-order valence-electron chi connectivity index (χ4n) is 3.15. The monoisotopic (exact) mass is 419 g/mol. The number of nitrogens with zero attached hydrogens (tertiary/aromatic N) is 2. The maximum atomic E-state index is 12.6. The van der Waals surface area contributed by atoms with Crippen LogP contribution in [0.1, 0.15) is 27.3 Å². The van der Waals surface area contributed by atoms with Crippen molar-refractivity contribution in [1.29, 1.82) is 5.26 Å². The zero-order valence-corrected chi connectivity index (χ0v) is 17.1. The van der Waals surface area contributed by atoms with Crippen LogP contribution >= 0.6 is 11.6 Å². The van der Waals surface area contributed by atoms with Gasteiger partial charge in [0.05, 0.1) is 5.56 Å². The van der Waals surface area contributed by atoms with Crippen molar-refractivity contribution in [3.05, 3.63) is 87.7 Å². The maximum Gasteiger partial charge on any atom is 0.335 e. The van der Waals surface area contributed by atoms with E-state index in [1.165, 1.54) is 24.3 Å². The lowest BCUT2D eigenvalue weighted by Gasteiger charge is -2.09. The first-order chi connectivity index (χ1) is 14.3. The van der Waals surface area contributed by atoms with Gasteiger partial charge in [-0.3, -0.25) is 4.79 Å². The van der Waals surface area contributed by atoms with Crippen LogP contribution in [0.3, 0.4) is 0 Å². The van der Waals surface area contributed by atoms with Gasteiger partial charge in [-0.25, -0.2) is 4.79 Å². The number of carbonyl (C=O) groups is 2. The second-order valence-corrected chi connectivity index (χ2v) is 7.08. The van der Waals surface area contributed by atoms with Crippen LogP contribution in [0, 0.1) is 25.2 Å². The third kappa shape index (κ3) is 4.43. The van der Waals surface area contributed by atoms with Gasteiger partial charge < -0.3 is 15.0 Å². The van der Waals surface area contributed by atoms with Gasteiger partial charge in [0.1, 0.15) is 11.6 Å². The zero-order chi connectivity index (χ0) is 21.8. The highest BCUT2D eigenvalue weighted by Crippen LogP contribution is 2.24. The van der Waals surface area contributed by atoms with E-state index in [9.17, 15) is 14.9 Å². The molecule has 0 aliphatic carbocycles. The van der Waals surface area contributed by atoms with Crippen molar-refractivity contribution in [3.8, 4) is 11.8 Å². The van der Waals surface area contributed by atoms with Gasteiger partial charge in [-0.2, -0.15) is 5.26 Å². The standard InChI is InChI=1S/C23H18ClN3O3/c1-14-10-17(15(2)27(14)21-8-6-19(24)7-9-21)11-18(13-25)22(28)26-20-5-3-4-16(12-20)23(29)30/h3-12H,1-2H3,(H,26,28)(H,29,30). The van der Waals surface area contributed by atoms with E-state index in [0.29, 0.717) is 10.7 Å². The number of benzene rings is 2. The Bertz CT molecular complexity index is 1200. The molecule has 7 heteroatoms. The number of halogens is 1. The number of aromatic nitrogens is 1. The van der Waals surface area contributed by atoms with E-state index in [1.807, 2.05) is 42.7 Å². The molecular formula is C23H18ClN3O3. The number of anilines is 1. The lowest BCUT2D eigenvalue weighted by Crippen LogP contribution is -2.14. The number of amides is 1. The van der Waals surface area contributed by atoms with Gasteiger partial charge >= 0.3 is 5.97 Å². The first-order valence-electron chi connectivity index (χ1n) is 9.01. The number of nitrogens with one attached hydrogen (secondary N) is 1. The molecule has 150 valence electrons. The maximum absolute atomic E-state index is 12.6. The van der Waals surface area contributed by atoms with Gasteiger partial charge in [0.25, 0.3) is 5.91 Å². The van der Waals surface area contributed by atoms with Gasteiger partial charge in [0.15, 0.2) is 0 Å². The van der Waals surface area contributed by atoms with Gasteiger partial charge in [-0.1, -0.05) is 17.7 Å². The molecule has 2 aromatic carbocycles. The molecule has 0 unspecified atom stereocenters. The molecule has 1 aromatic heterocycles. The van der Waals surface area contributed by atoms with E-state index in [4.69, 9.17) is 16.7 Å². The molecule has 3 aromatic rings. The van der Waals surface area contributed by atoms with Crippen LogP contribution in [-0.4, -0.2) is 21.6 Å². The van der Waals surface area contributed by atoms with Crippen molar-refractivity contribution >= 4 is 35.2 Å². The molecule has 0 aliphatic heterocycles. The summed E-state index contributed by atoms with van der Waals surface area (Å²) in [7, 11) is 0. The Hall–Kier alpha value is -3.82. The molecule has 6 nitrogen and oxygen atoms in total. The molecule has 0 aliphatic rings. The average molecular weight is 420 g/mol. The van der Waals surface area contributed by atoms with Crippen LogP contribution < -0.4 is 5.32 Å². The van der Waals surface area contributed by atoms with Crippen molar-refractivity contribution in [2.24, 2.45) is 0 Å². The summed E-state index contributed by atoms with van der Waals surface area (Å²) >= 11 is 5.97. The van der Waals surface area contributed by atoms with Gasteiger partial charge in [-0.05, 0) is 74.0 Å². The van der Waals surface area contributed by atoms with E-state index >= 15 is 0 Å². The number of carbonyl (C=O) groups excluding carboxylic acids is 1. The highest BCUT2D eigenvalue weighted by Gasteiger charge is 2.14. The molecule has 0 saturated heterocycles. The highest BCUT2D eigenvalue weighted by atomic mass is 35.5. The molecule has 2 N–H and O–H groups in total. The number of rotatable bonds is 5. The van der Waals surface area contributed by atoms with Crippen molar-refractivity contribution in [3.63, 3.8) is 0 Å². The predicted octanol–water partition coefficient (Wildman–Crippen LogP) is 4.99. The third-order valence-electron chi connectivity index (χ3n) is 4.59. The molecule has 1 heterocycles. The van der Waals surface area contributed by atoms with Crippen LogP contribution in [0.25, 0.3) is 11.8 Å². The number of hydrogen-bond donors (Lipinski definition) is 2. The average Bonchev–Trinajstić information content (AvgIpc) is 3.00. The Kier molecular flexibility index (Phi) is 6.05. The molecule has 0 bridgehead atoms. The quantitative estimate of drug-likeness (QED) is 0.449. The highest BCUT2D eigenvalue weighted by molar-refractivity contribution is 6.30. The molecule has 30 heavy (non-hydrogen) atoms. The lowest BCUT2D eigenvalue weighted by atomic mass is 10.1. The number of aryl methyl sites for hydroxylation is 1. The van der Waals surface area contributed by atoms with Crippen molar-refractivity contribution in [2.45, 2.75) is 13.8 Å². The predicted molar refractivity (Wildman–Crippen MR) is 116 cm³/mol. The Labute approximate surface area is 178 Å². The van der Waals surface area contributed by atoms with E-state index < -0.39 is 11.9 Å². The summed E-state index contributed by atoms with van der Waals surface area (Å²) in [4.78, 5) is 23.7. The van der Waals surface area contributed by atoms with Crippen LogP contribution in [0.4, 0.5) is 5.69 Å². The van der Waals surface area contributed by atoms with Crippen molar-refractivity contribution in [1.82, 2.24) is 4.57 Å². The zero-order valence-electron chi connectivity index (χ0n) is 16.3.